The first-order valence-corrected chi connectivity index (χ1v) is 5.34. The fraction of sp³-hybridized carbons (Fsp3) is 0.385. The molecule has 0 bridgehead atoms. The van der Waals surface area contributed by atoms with Crippen molar-refractivity contribution in [2.24, 2.45) is 0 Å². The van der Waals surface area contributed by atoms with Crippen molar-refractivity contribution in [2.75, 3.05) is 7.05 Å². The first-order valence-electron chi connectivity index (χ1n) is 5.34. The number of halogens is 1. The van der Waals surface area contributed by atoms with Crippen LogP contribution in [0.3, 0.4) is 0 Å². The molecule has 4 heteroatoms. The lowest BCUT2D eigenvalue weighted by molar-refractivity contribution is 0.252. The average Bonchev–Trinajstić information content (AvgIpc) is 2.29. The van der Waals surface area contributed by atoms with E-state index in [1.807, 2.05) is 24.9 Å². The second kappa shape index (κ2) is 5.98. The third-order valence-corrected chi connectivity index (χ3v) is 2.75. The molecule has 0 spiro atoms. The minimum atomic E-state index is -0.347. The van der Waals surface area contributed by atoms with Gasteiger partial charge in [-0.1, -0.05) is 0 Å². The summed E-state index contributed by atoms with van der Waals surface area (Å²) >= 11 is 0. The van der Waals surface area contributed by atoms with Crippen molar-refractivity contribution < 1.29 is 4.39 Å². The lowest BCUT2D eigenvalue weighted by Crippen LogP contribution is -2.28. The summed E-state index contributed by atoms with van der Waals surface area (Å²) in [6.07, 6.45) is 0.410. The first kappa shape index (κ1) is 13.2. The Balaban J connectivity index is 2.85. The maximum Gasteiger partial charge on any atom is 0.123 e. The van der Waals surface area contributed by atoms with Gasteiger partial charge >= 0.3 is 0 Å². The molecule has 1 unspecified atom stereocenters. The zero-order chi connectivity index (χ0) is 12.8. The molecule has 0 N–H and O–H groups in total. The van der Waals surface area contributed by atoms with E-state index in [-0.39, 0.29) is 11.9 Å². The number of nitriles is 2. The van der Waals surface area contributed by atoms with E-state index < -0.39 is 0 Å². The summed E-state index contributed by atoms with van der Waals surface area (Å²) in [5.41, 5.74) is 1.13. The number of rotatable bonds is 4. The van der Waals surface area contributed by atoms with E-state index in [0.717, 1.165) is 0 Å². The maximum absolute atomic E-state index is 13.1. The van der Waals surface area contributed by atoms with Crippen LogP contribution < -0.4 is 0 Å². The minimum Gasteiger partial charge on any atom is -0.298 e. The van der Waals surface area contributed by atoms with Gasteiger partial charge in [0.25, 0.3) is 0 Å². The van der Waals surface area contributed by atoms with Crippen LogP contribution in [0.4, 0.5) is 4.39 Å². The Morgan fingerprint density at radius 3 is 2.71 bits per heavy atom. The monoisotopic (exact) mass is 231 g/mol. The van der Waals surface area contributed by atoms with Crippen molar-refractivity contribution in [3.63, 3.8) is 0 Å². The lowest BCUT2D eigenvalue weighted by Gasteiger charge is -2.23. The fourth-order valence-corrected chi connectivity index (χ4v) is 1.51. The van der Waals surface area contributed by atoms with E-state index in [0.29, 0.717) is 24.1 Å². The fourth-order valence-electron chi connectivity index (χ4n) is 1.51. The highest BCUT2D eigenvalue weighted by Gasteiger charge is 2.12. The molecule has 0 heterocycles. The molecule has 0 radical (unpaired) electrons. The first-order chi connectivity index (χ1) is 8.08. The number of hydrogen-bond donors (Lipinski definition) is 0. The summed E-state index contributed by atoms with van der Waals surface area (Å²) in [6.45, 7) is 2.39. The highest BCUT2D eigenvalue weighted by atomic mass is 19.1. The smallest absolute Gasteiger partial charge is 0.123 e. The van der Waals surface area contributed by atoms with Crippen LogP contribution in [0.2, 0.25) is 0 Å². The van der Waals surface area contributed by atoms with Gasteiger partial charge in [0.1, 0.15) is 5.82 Å². The zero-order valence-electron chi connectivity index (χ0n) is 9.94. The van der Waals surface area contributed by atoms with Gasteiger partial charge in [0.05, 0.1) is 24.1 Å². The molecule has 0 aliphatic carbocycles. The Morgan fingerprint density at radius 2 is 2.12 bits per heavy atom. The minimum absolute atomic E-state index is 0.0785. The van der Waals surface area contributed by atoms with Crippen molar-refractivity contribution >= 4 is 0 Å². The van der Waals surface area contributed by atoms with Crippen LogP contribution in [-0.4, -0.2) is 18.0 Å². The zero-order valence-corrected chi connectivity index (χ0v) is 9.94. The quantitative estimate of drug-likeness (QED) is 0.799. The molecule has 0 saturated carbocycles. The van der Waals surface area contributed by atoms with Gasteiger partial charge in [-0.3, -0.25) is 4.90 Å². The van der Waals surface area contributed by atoms with Crippen LogP contribution in [0, 0.1) is 28.5 Å². The summed E-state index contributed by atoms with van der Waals surface area (Å²) in [7, 11) is 1.86. The Bertz CT molecular complexity index is 471. The normalized spacial score (nSPS) is 11.9. The van der Waals surface area contributed by atoms with Crippen molar-refractivity contribution in [3.8, 4) is 12.1 Å². The van der Waals surface area contributed by atoms with Gasteiger partial charge < -0.3 is 0 Å². The molecule has 0 aromatic heterocycles. The number of benzene rings is 1. The van der Waals surface area contributed by atoms with Crippen LogP contribution in [0.25, 0.3) is 0 Å². The van der Waals surface area contributed by atoms with Crippen LogP contribution in [0.15, 0.2) is 18.2 Å². The summed E-state index contributed by atoms with van der Waals surface area (Å²) in [5, 5.41) is 17.5. The van der Waals surface area contributed by atoms with E-state index in [4.69, 9.17) is 10.5 Å². The molecule has 1 aromatic rings. The maximum atomic E-state index is 13.1. The lowest BCUT2D eigenvalue weighted by atomic mass is 10.1. The second-order valence-electron chi connectivity index (χ2n) is 4.04. The van der Waals surface area contributed by atoms with Crippen molar-refractivity contribution in [2.45, 2.75) is 25.9 Å². The van der Waals surface area contributed by atoms with E-state index in [9.17, 15) is 4.39 Å². The molecule has 1 atom stereocenters. The highest BCUT2D eigenvalue weighted by molar-refractivity contribution is 5.37. The molecule has 0 aliphatic rings. The Labute approximate surface area is 101 Å². The Morgan fingerprint density at radius 1 is 1.41 bits per heavy atom. The molecular weight excluding hydrogens is 217 g/mol. The van der Waals surface area contributed by atoms with Gasteiger partial charge in [-0.15, -0.1) is 0 Å². The van der Waals surface area contributed by atoms with Gasteiger partial charge in [0, 0.05) is 12.6 Å². The molecule has 17 heavy (non-hydrogen) atoms. The average molecular weight is 231 g/mol. The summed E-state index contributed by atoms with van der Waals surface area (Å²) in [6, 6.07) is 8.34. The summed E-state index contributed by atoms with van der Waals surface area (Å²) in [5.74, 6) is -0.347. The van der Waals surface area contributed by atoms with Crippen LogP contribution in [0.1, 0.15) is 24.5 Å². The largest absolute Gasteiger partial charge is 0.298 e. The van der Waals surface area contributed by atoms with Crippen LogP contribution in [0.5, 0.6) is 0 Å². The SMILES string of the molecule is CC(CC#N)N(C)Cc1cc(F)ccc1C#N. The molecule has 0 saturated heterocycles. The van der Waals surface area contributed by atoms with E-state index in [2.05, 4.69) is 6.07 Å². The van der Waals surface area contributed by atoms with Gasteiger partial charge in [-0.05, 0) is 37.7 Å². The molecular formula is C13H14FN3. The van der Waals surface area contributed by atoms with Gasteiger partial charge in [-0.25, -0.2) is 4.39 Å². The standard InChI is InChI=1S/C13H14FN3/c1-10(5-6-15)17(2)9-12-7-13(14)4-3-11(12)8-16/h3-4,7,10H,5,9H2,1-2H3. The highest BCUT2D eigenvalue weighted by Crippen LogP contribution is 2.14. The topological polar surface area (TPSA) is 50.8 Å². The van der Waals surface area contributed by atoms with Crippen molar-refractivity contribution in [1.29, 1.82) is 10.5 Å². The number of nitrogens with zero attached hydrogens (tertiary/aromatic N) is 3. The molecule has 0 aliphatic heterocycles. The van der Waals surface area contributed by atoms with Gasteiger partial charge in [0.15, 0.2) is 0 Å². The second-order valence-corrected chi connectivity index (χ2v) is 4.04. The summed E-state index contributed by atoms with van der Waals surface area (Å²) in [4.78, 5) is 1.93. The molecule has 0 fully saturated rings. The molecule has 1 rings (SSSR count). The van der Waals surface area contributed by atoms with E-state index in [1.165, 1.54) is 18.2 Å². The molecule has 88 valence electrons. The molecule has 1 aromatic carbocycles. The Hall–Kier alpha value is -1.91. The van der Waals surface area contributed by atoms with Crippen LogP contribution >= 0.6 is 0 Å². The predicted octanol–water partition coefficient (Wildman–Crippen LogP) is 2.43. The van der Waals surface area contributed by atoms with Crippen molar-refractivity contribution in [3.05, 3.63) is 35.1 Å². The van der Waals surface area contributed by atoms with Crippen molar-refractivity contribution in [1.82, 2.24) is 4.90 Å². The third-order valence-electron chi connectivity index (χ3n) is 2.75. The van der Waals surface area contributed by atoms with Gasteiger partial charge in [-0.2, -0.15) is 10.5 Å². The predicted molar refractivity (Wildman–Crippen MR) is 62.3 cm³/mol. The Kier molecular flexibility index (Phi) is 4.63. The molecule has 0 amide bonds. The van der Waals surface area contributed by atoms with E-state index >= 15 is 0 Å². The third kappa shape index (κ3) is 3.55. The summed E-state index contributed by atoms with van der Waals surface area (Å²) < 4.78 is 13.1. The van der Waals surface area contributed by atoms with E-state index in [1.54, 1.807) is 0 Å². The van der Waals surface area contributed by atoms with Crippen LogP contribution in [-0.2, 0) is 6.54 Å². The number of hydrogen-bond acceptors (Lipinski definition) is 3. The van der Waals surface area contributed by atoms with Gasteiger partial charge in [0.2, 0.25) is 0 Å². The molecule has 3 nitrogen and oxygen atoms in total.